The van der Waals surface area contributed by atoms with Crippen molar-refractivity contribution in [3.63, 3.8) is 0 Å². The molecule has 0 saturated carbocycles. The summed E-state index contributed by atoms with van der Waals surface area (Å²) < 4.78 is 26.9. The van der Waals surface area contributed by atoms with E-state index in [1.165, 1.54) is 11.3 Å². The third-order valence-electron chi connectivity index (χ3n) is 2.43. The zero-order valence-corrected chi connectivity index (χ0v) is 12.3. The summed E-state index contributed by atoms with van der Waals surface area (Å²) in [5, 5.41) is 5.18. The lowest BCUT2D eigenvalue weighted by Gasteiger charge is -2.07. The number of benzene rings is 1. The third-order valence-corrected chi connectivity index (χ3v) is 4.77. The van der Waals surface area contributed by atoms with Gasteiger partial charge < -0.3 is 5.32 Å². The molecule has 0 aliphatic carbocycles. The number of sulfonamides is 1. The van der Waals surface area contributed by atoms with Gasteiger partial charge in [0, 0.05) is 11.9 Å². The second kappa shape index (κ2) is 5.68. The molecule has 0 unspecified atom stereocenters. The number of nitrogens with zero attached hydrogens (tertiary/aromatic N) is 1. The van der Waals surface area contributed by atoms with E-state index in [4.69, 9.17) is 0 Å². The molecule has 7 heteroatoms. The summed E-state index contributed by atoms with van der Waals surface area (Å²) in [6.07, 6.45) is 0. The summed E-state index contributed by atoms with van der Waals surface area (Å²) >= 11 is 1.27. The molecule has 0 bridgehead atoms. The Morgan fingerprint density at radius 1 is 1.37 bits per heavy atom. The van der Waals surface area contributed by atoms with Gasteiger partial charge in [-0.1, -0.05) is 12.1 Å². The number of aromatic nitrogens is 1. The number of thiazole rings is 1. The van der Waals surface area contributed by atoms with Crippen LogP contribution in [0.25, 0.3) is 0 Å². The molecule has 0 atom stereocenters. The zero-order valence-electron chi connectivity index (χ0n) is 10.7. The largest absolute Gasteiger partial charge is 0.316 e. The molecular weight excluding hydrogens is 282 g/mol. The van der Waals surface area contributed by atoms with Crippen LogP contribution >= 0.6 is 11.3 Å². The highest BCUT2D eigenvalue weighted by Crippen LogP contribution is 2.20. The van der Waals surface area contributed by atoms with Gasteiger partial charge in [0.15, 0.2) is 5.13 Å². The lowest BCUT2D eigenvalue weighted by atomic mass is 10.2. The van der Waals surface area contributed by atoms with Crippen molar-refractivity contribution in [2.24, 2.45) is 0 Å². The fourth-order valence-electron chi connectivity index (χ4n) is 1.60. The first-order valence-corrected chi connectivity index (χ1v) is 8.06. The van der Waals surface area contributed by atoms with Gasteiger partial charge in [0.25, 0.3) is 10.0 Å². The van der Waals surface area contributed by atoms with E-state index in [-0.39, 0.29) is 4.90 Å². The van der Waals surface area contributed by atoms with Crippen molar-refractivity contribution in [3.05, 3.63) is 40.9 Å². The van der Waals surface area contributed by atoms with Gasteiger partial charge in [-0.15, -0.1) is 11.3 Å². The van der Waals surface area contributed by atoms with Crippen LogP contribution < -0.4 is 10.0 Å². The fourth-order valence-corrected chi connectivity index (χ4v) is 3.61. The average Bonchev–Trinajstić information content (AvgIpc) is 2.75. The van der Waals surface area contributed by atoms with E-state index in [2.05, 4.69) is 15.0 Å². The van der Waals surface area contributed by atoms with Crippen molar-refractivity contribution < 1.29 is 8.42 Å². The van der Waals surface area contributed by atoms with Crippen molar-refractivity contribution in [3.8, 4) is 0 Å². The smallest absolute Gasteiger partial charge is 0.263 e. The Balaban J connectivity index is 2.26. The molecule has 5 nitrogen and oxygen atoms in total. The van der Waals surface area contributed by atoms with Gasteiger partial charge in [0.2, 0.25) is 0 Å². The minimum Gasteiger partial charge on any atom is -0.316 e. The van der Waals surface area contributed by atoms with Crippen molar-refractivity contribution in [2.45, 2.75) is 18.4 Å². The minimum absolute atomic E-state index is 0.244. The van der Waals surface area contributed by atoms with E-state index in [0.29, 0.717) is 11.7 Å². The van der Waals surface area contributed by atoms with Crippen molar-refractivity contribution in [2.75, 3.05) is 11.8 Å². The summed E-state index contributed by atoms with van der Waals surface area (Å²) in [5.74, 6) is 0. The van der Waals surface area contributed by atoms with Crippen LogP contribution in [0.2, 0.25) is 0 Å². The van der Waals surface area contributed by atoms with Gasteiger partial charge in [-0.3, -0.25) is 4.72 Å². The standard InChI is InChI=1S/C12H15N3O2S2/c1-9-8-18-12(14-9)15-19(16,17)11-5-3-4-10(6-11)7-13-2/h3-6,8,13H,7H2,1-2H3,(H,14,15). The van der Waals surface area contributed by atoms with Crippen LogP contribution in [0.3, 0.4) is 0 Å². The molecule has 0 aliphatic rings. The highest BCUT2D eigenvalue weighted by atomic mass is 32.2. The molecule has 1 aromatic carbocycles. The van der Waals surface area contributed by atoms with E-state index in [9.17, 15) is 8.42 Å². The quantitative estimate of drug-likeness (QED) is 0.885. The van der Waals surface area contributed by atoms with E-state index < -0.39 is 10.0 Å². The van der Waals surface area contributed by atoms with Crippen LogP contribution in [0.1, 0.15) is 11.3 Å². The molecule has 1 aromatic heterocycles. The highest BCUT2D eigenvalue weighted by Gasteiger charge is 2.16. The first-order valence-electron chi connectivity index (χ1n) is 5.70. The van der Waals surface area contributed by atoms with Crippen LogP contribution in [-0.4, -0.2) is 20.4 Å². The maximum Gasteiger partial charge on any atom is 0.263 e. The van der Waals surface area contributed by atoms with Crippen LogP contribution in [0.4, 0.5) is 5.13 Å². The molecule has 2 aromatic rings. The molecule has 19 heavy (non-hydrogen) atoms. The predicted molar refractivity (Wildman–Crippen MR) is 76.9 cm³/mol. The number of nitrogens with one attached hydrogen (secondary N) is 2. The third kappa shape index (κ3) is 3.52. The molecule has 0 fully saturated rings. The molecule has 2 rings (SSSR count). The first-order chi connectivity index (χ1) is 9.01. The van der Waals surface area contributed by atoms with Crippen molar-refractivity contribution >= 4 is 26.5 Å². The molecule has 2 N–H and O–H groups in total. The molecule has 1 heterocycles. The number of rotatable bonds is 5. The summed E-state index contributed by atoms with van der Waals surface area (Å²) in [5.41, 5.74) is 1.72. The number of hydrogen-bond donors (Lipinski definition) is 2. The van der Waals surface area contributed by atoms with Crippen molar-refractivity contribution in [1.82, 2.24) is 10.3 Å². The first kappa shape index (κ1) is 14.0. The molecular formula is C12H15N3O2S2. The molecule has 0 aliphatic heterocycles. The van der Waals surface area contributed by atoms with Crippen molar-refractivity contribution in [1.29, 1.82) is 0 Å². The molecule has 0 spiro atoms. The molecule has 0 saturated heterocycles. The van der Waals surface area contributed by atoms with Gasteiger partial charge >= 0.3 is 0 Å². The monoisotopic (exact) mass is 297 g/mol. The Morgan fingerprint density at radius 2 is 2.16 bits per heavy atom. The fraction of sp³-hybridized carbons (Fsp3) is 0.250. The Hall–Kier alpha value is -1.44. The highest BCUT2D eigenvalue weighted by molar-refractivity contribution is 7.93. The Labute approximate surface area is 116 Å². The van der Waals surface area contributed by atoms with E-state index >= 15 is 0 Å². The number of hydrogen-bond acceptors (Lipinski definition) is 5. The number of aryl methyl sites for hydroxylation is 1. The Morgan fingerprint density at radius 3 is 2.79 bits per heavy atom. The van der Waals surface area contributed by atoms with E-state index in [1.807, 2.05) is 20.0 Å². The topological polar surface area (TPSA) is 71.1 Å². The van der Waals surface area contributed by atoms with E-state index in [0.717, 1.165) is 11.3 Å². The van der Waals surface area contributed by atoms with Gasteiger partial charge in [-0.2, -0.15) is 0 Å². The SMILES string of the molecule is CNCc1cccc(S(=O)(=O)Nc2nc(C)cs2)c1. The Kier molecular flexibility index (Phi) is 4.18. The maximum absolute atomic E-state index is 12.2. The van der Waals surface area contributed by atoms with E-state index in [1.54, 1.807) is 23.6 Å². The van der Waals surface area contributed by atoms with Gasteiger partial charge in [-0.05, 0) is 31.7 Å². The second-order valence-corrected chi connectivity index (χ2v) is 6.62. The predicted octanol–water partition coefficient (Wildman–Crippen LogP) is 1.97. The van der Waals surface area contributed by atoms with Gasteiger partial charge in [-0.25, -0.2) is 13.4 Å². The minimum atomic E-state index is -3.57. The summed E-state index contributed by atoms with van der Waals surface area (Å²) in [7, 11) is -1.75. The lowest BCUT2D eigenvalue weighted by molar-refractivity contribution is 0.601. The molecule has 0 amide bonds. The summed E-state index contributed by atoms with van der Waals surface area (Å²) in [6, 6.07) is 6.83. The number of anilines is 1. The summed E-state index contributed by atoms with van der Waals surface area (Å²) in [6.45, 7) is 2.45. The second-order valence-electron chi connectivity index (χ2n) is 4.08. The van der Waals surface area contributed by atoms with Crippen LogP contribution in [0.15, 0.2) is 34.5 Å². The van der Waals surface area contributed by atoms with Gasteiger partial charge in [0.1, 0.15) is 0 Å². The molecule has 102 valence electrons. The van der Waals surface area contributed by atoms with Gasteiger partial charge in [0.05, 0.1) is 10.6 Å². The molecule has 0 radical (unpaired) electrons. The van der Waals surface area contributed by atoms with Crippen LogP contribution in [0, 0.1) is 6.92 Å². The van der Waals surface area contributed by atoms with Crippen LogP contribution in [-0.2, 0) is 16.6 Å². The lowest BCUT2D eigenvalue weighted by Crippen LogP contribution is -2.14. The normalized spacial score (nSPS) is 11.5. The Bertz CT molecular complexity index is 665. The summed E-state index contributed by atoms with van der Waals surface area (Å²) in [4.78, 5) is 4.34. The zero-order chi connectivity index (χ0) is 13.9. The average molecular weight is 297 g/mol. The van der Waals surface area contributed by atoms with Crippen LogP contribution in [0.5, 0.6) is 0 Å². The maximum atomic E-state index is 12.2.